The number of fused-ring (bicyclic) bond motifs is 4. The van der Waals surface area contributed by atoms with Crippen LogP contribution in [0.2, 0.25) is 18.1 Å². The lowest BCUT2D eigenvalue weighted by molar-refractivity contribution is -0.275. The molecule has 65 heavy (non-hydrogen) atoms. The van der Waals surface area contributed by atoms with Gasteiger partial charge in [-0.05, 0) is 111 Å². The van der Waals surface area contributed by atoms with Gasteiger partial charge < -0.3 is 37.7 Å². The molecule has 2 aromatic rings. The quantitative estimate of drug-likeness (QED) is 0.148. The van der Waals surface area contributed by atoms with E-state index in [-0.39, 0.29) is 54.4 Å². The molecule has 5 rings (SSSR count). The van der Waals surface area contributed by atoms with E-state index >= 15 is 9.59 Å². The second-order valence-electron chi connectivity index (χ2n) is 20.7. The monoisotopic (exact) mass is 937 g/mol. The summed E-state index contributed by atoms with van der Waals surface area (Å²) in [7, 11) is 0.363. The molecule has 0 bridgehead atoms. The van der Waals surface area contributed by atoms with E-state index in [0.717, 1.165) is 12.5 Å². The van der Waals surface area contributed by atoms with Gasteiger partial charge >= 0.3 is 18.5 Å². The highest BCUT2D eigenvalue weighted by molar-refractivity contribution is 6.74. The number of aromatic nitrogens is 1. The minimum atomic E-state index is -5.33. The predicted molar refractivity (Wildman–Crippen MR) is 236 cm³/mol. The van der Waals surface area contributed by atoms with Crippen LogP contribution in [0.4, 0.5) is 28.4 Å². The van der Waals surface area contributed by atoms with E-state index < -0.39 is 107 Å². The van der Waals surface area contributed by atoms with E-state index in [9.17, 15) is 27.9 Å². The number of nitrogens with zero attached hydrogens (tertiary/aromatic N) is 3. The summed E-state index contributed by atoms with van der Waals surface area (Å²) in [6.07, 6.45) is -6.06. The standard InChI is InChI=1S/C46H66F3N3O12Si/c1-16-18-20-58-35-28(52(40(56)61-42(3,4)5)41(57)62-43(6,7)8)24-29(60-46(47,48)49)26-22-25-23-27-33(51(12)13)36-32(39(50-63-36)59-21-19-17-2)38(55)45(27,64-65(14,15)44(9,10)11)37(54)30(25)34(53)31(26)35/h24-25,27,33,54H,16-23H2,1-15H3/t25-,27-,33-,45-/m0/s1. The summed E-state index contributed by atoms with van der Waals surface area (Å²) >= 11 is 0. The molecule has 4 atom stereocenters. The van der Waals surface area contributed by atoms with Crippen LogP contribution in [0.1, 0.15) is 146 Å². The molecule has 15 nitrogen and oxygen atoms in total. The van der Waals surface area contributed by atoms with Crippen molar-refractivity contribution in [1.82, 2.24) is 10.1 Å². The molecule has 0 aliphatic heterocycles. The molecule has 0 unspecified atom stereocenters. The number of allylic oxidation sites excluding steroid dienone is 1. The fraction of sp³-hybridized carbons (Fsp3) is 0.674. The molecular formula is C46H66F3N3O12Si. The van der Waals surface area contributed by atoms with Crippen LogP contribution < -0.4 is 19.1 Å². The number of ether oxygens (including phenoxy) is 5. The molecule has 362 valence electrons. The number of Topliss-reactive ketones (excluding diaryl/α,β-unsaturated/α-hetero) is 2. The van der Waals surface area contributed by atoms with Gasteiger partial charge in [0.25, 0.3) is 5.88 Å². The number of benzene rings is 1. The Morgan fingerprint density at radius 3 is 1.95 bits per heavy atom. The molecule has 19 heteroatoms. The van der Waals surface area contributed by atoms with Gasteiger partial charge in [0.05, 0.1) is 24.8 Å². The highest BCUT2D eigenvalue weighted by Gasteiger charge is 2.67. The molecule has 3 aliphatic carbocycles. The average molecular weight is 938 g/mol. The molecule has 0 saturated heterocycles. The maximum absolute atomic E-state index is 15.6. The molecular weight excluding hydrogens is 872 g/mol. The number of carbonyl (C=O) groups is 4. The second kappa shape index (κ2) is 18.2. The highest BCUT2D eigenvalue weighted by atomic mass is 28.4. The first-order chi connectivity index (χ1) is 29.8. The summed E-state index contributed by atoms with van der Waals surface area (Å²) in [5, 5.41) is 16.7. The Morgan fingerprint density at radius 2 is 1.46 bits per heavy atom. The Hall–Kier alpha value is -4.62. The first-order valence-corrected chi connectivity index (χ1v) is 25.1. The highest BCUT2D eigenvalue weighted by Crippen LogP contribution is 2.61. The molecule has 0 radical (unpaired) electrons. The van der Waals surface area contributed by atoms with Crippen molar-refractivity contribution in [2.45, 2.75) is 162 Å². The molecule has 1 aromatic carbocycles. The topological polar surface area (TPSA) is 176 Å². The largest absolute Gasteiger partial charge is 0.573 e. The van der Waals surface area contributed by atoms with Crippen LogP contribution in [0.25, 0.3) is 0 Å². The van der Waals surface area contributed by atoms with E-state index in [4.69, 9.17) is 27.9 Å². The molecule has 0 spiro atoms. The SMILES string of the molecule is CCCCOc1noc2c1C(=O)[C@@]1(O[Si](C)(C)C(C)(C)C)C(O)=C3C(=O)c4c(c(OC(F)(F)F)cc(N(C(=O)OC(C)(C)C)C(=O)OC(C)(C)C)c4OCCCC)C[C@H]3C[C@H]1[C@@H]2N(C)C. The van der Waals surface area contributed by atoms with Crippen molar-refractivity contribution < 1.29 is 70.1 Å². The van der Waals surface area contributed by atoms with Crippen molar-refractivity contribution in [2.75, 3.05) is 32.2 Å². The maximum Gasteiger partial charge on any atom is 0.573 e. The number of amides is 2. The molecule has 1 aromatic heterocycles. The summed E-state index contributed by atoms with van der Waals surface area (Å²) in [4.78, 5) is 61.6. The van der Waals surface area contributed by atoms with Crippen molar-refractivity contribution in [3.63, 3.8) is 0 Å². The van der Waals surface area contributed by atoms with Crippen LogP contribution in [-0.2, 0) is 20.3 Å². The van der Waals surface area contributed by atoms with Gasteiger partial charge in [-0.3, -0.25) is 14.5 Å². The number of hydrogen-bond donors (Lipinski definition) is 1. The van der Waals surface area contributed by atoms with E-state index in [1.807, 2.05) is 47.7 Å². The number of alkyl halides is 3. The van der Waals surface area contributed by atoms with Gasteiger partial charge in [-0.15, -0.1) is 13.2 Å². The van der Waals surface area contributed by atoms with Crippen molar-refractivity contribution in [3.05, 3.63) is 39.8 Å². The van der Waals surface area contributed by atoms with Crippen molar-refractivity contribution >= 4 is 37.8 Å². The predicted octanol–water partition coefficient (Wildman–Crippen LogP) is 11.1. The lowest BCUT2D eigenvalue weighted by Gasteiger charge is -2.55. The smallest absolute Gasteiger partial charge is 0.508 e. The zero-order valence-electron chi connectivity index (χ0n) is 40.4. The van der Waals surface area contributed by atoms with Crippen LogP contribution in [0.3, 0.4) is 0 Å². The molecule has 0 fully saturated rings. The lowest BCUT2D eigenvalue weighted by atomic mass is 9.58. The second-order valence-corrected chi connectivity index (χ2v) is 25.4. The van der Waals surface area contributed by atoms with Gasteiger partial charge in [0.1, 0.15) is 34.0 Å². The maximum atomic E-state index is 15.6. The van der Waals surface area contributed by atoms with E-state index in [2.05, 4.69) is 9.89 Å². The number of halogens is 3. The van der Waals surface area contributed by atoms with Gasteiger partial charge in [-0.2, -0.15) is 4.90 Å². The fourth-order valence-electron chi connectivity index (χ4n) is 8.29. The van der Waals surface area contributed by atoms with Crippen LogP contribution in [-0.4, -0.2) is 97.7 Å². The molecule has 0 saturated carbocycles. The van der Waals surface area contributed by atoms with E-state index in [0.29, 0.717) is 24.2 Å². The average Bonchev–Trinajstić information content (AvgIpc) is 3.54. The van der Waals surface area contributed by atoms with Gasteiger partial charge in [-0.25, -0.2) is 9.59 Å². The van der Waals surface area contributed by atoms with Gasteiger partial charge in [-0.1, -0.05) is 47.5 Å². The number of unbranched alkanes of at least 4 members (excludes halogenated alkanes) is 2. The Labute approximate surface area is 380 Å². The van der Waals surface area contributed by atoms with Crippen LogP contribution in [0.15, 0.2) is 21.9 Å². The Bertz CT molecular complexity index is 2170. The van der Waals surface area contributed by atoms with Gasteiger partial charge in [0, 0.05) is 23.1 Å². The lowest BCUT2D eigenvalue weighted by Crippen LogP contribution is -2.65. The minimum absolute atomic E-state index is 0.0545. The Balaban J connectivity index is 1.91. The summed E-state index contributed by atoms with van der Waals surface area (Å²) in [5.41, 5.74) is -6.47. The van der Waals surface area contributed by atoms with Gasteiger partial charge in [0.15, 0.2) is 31.2 Å². The number of imide groups is 1. The molecule has 1 heterocycles. The third-order valence-corrected chi connectivity index (χ3v) is 16.5. The van der Waals surface area contributed by atoms with Crippen LogP contribution >= 0.6 is 0 Å². The Kier molecular flexibility index (Phi) is 14.4. The Morgan fingerprint density at radius 1 is 0.908 bits per heavy atom. The number of hydrogen-bond acceptors (Lipinski definition) is 14. The van der Waals surface area contributed by atoms with Crippen molar-refractivity contribution in [1.29, 1.82) is 0 Å². The summed E-state index contributed by atoms with van der Waals surface area (Å²) < 4.78 is 84.8. The number of ketones is 2. The third kappa shape index (κ3) is 10.2. The zero-order chi connectivity index (χ0) is 49.0. The van der Waals surface area contributed by atoms with E-state index in [1.54, 1.807) is 19.0 Å². The van der Waals surface area contributed by atoms with Crippen LogP contribution in [0.5, 0.6) is 17.4 Å². The fourth-order valence-corrected chi connectivity index (χ4v) is 9.74. The number of anilines is 1. The number of carbonyl (C=O) groups excluding carboxylic acids is 4. The van der Waals surface area contributed by atoms with Crippen molar-refractivity contribution in [3.8, 4) is 17.4 Å². The first-order valence-electron chi connectivity index (χ1n) is 22.2. The van der Waals surface area contributed by atoms with Crippen molar-refractivity contribution in [2.24, 2.45) is 11.8 Å². The van der Waals surface area contributed by atoms with Gasteiger partial charge in [0.2, 0.25) is 5.78 Å². The summed E-state index contributed by atoms with van der Waals surface area (Å²) in [6, 6.07) is -0.00829. The molecule has 2 amide bonds. The normalized spacial score (nSPS) is 21.3. The number of rotatable bonds is 13. The minimum Gasteiger partial charge on any atom is -0.508 e. The van der Waals surface area contributed by atoms with Crippen LogP contribution in [0, 0.1) is 11.8 Å². The number of aliphatic hydroxyl groups is 1. The first kappa shape index (κ1) is 51.4. The zero-order valence-corrected chi connectivity index (χ0v) is 41.4. The molecule has 3 aliphatic rings. The summed E-state index contributed by atoms with van der Waals surface area (Å²) in [5.74, 6) is -5.79. The molecule has 1 N–H and O–H groups in total. The number of aliphatic hydroxyl groups excluding tert-OH is 1. The van der Waals surface area contributed by atoms with E-state index in [1.165, 1.54) is 41.5 Å². The third-order valence-electron chi connectivity index (χ3n) is 12.1. The summed E-state index contributed by atoms with van der Waals surface area (Å²) in [6.45, 7) is 22.7.